The number of ether oxygens (including phenoxy) is 1. The lowest BCUT2D eigenvalue weighted by Crippen LogP contribution is -2.21. The Balaban J connectivity index is 1.24. The van der Waals surface area contributed by atoms with Crippen molar-refractivity contribution in [3.63, 3.8) is 0 Å². The summed E-state index contributed by atoms with van der Waals surface area (Å²) < 4.78 is 11.9. The minimum Gasteiger partial charge on any atom is -0.457 e. The number of fused-ring (bicyclic) bond motifs is 2. The molecule has 2 aromatic heterocycles. The highest BCUT2D eigenvalue weighted by Crippen LogP contribution is 2.26. The van der Waals surface area contributed by atoms with Gasteiger partial charge < -0.3 is 14.1 Å². The fourth-order valence-electron chi connectivity index (χ4n) is 4.33. The Labute approximate surface area is 191 Å². The molecule has 168 valence electrons. The molecule has 0 bridgehead atoms. The molecule has 1 aliphatic heterocycles. The summed E-state index contributed by atoms with van der Waals surface area (Å²) in [5.74, 6) is -0.587. The number of esters is 1. The van der Waals surface area contributed by atoms with Crippen molar-refractivity contribution in [2.45, 2.75) is 26.5 Å². The summed E-state index contributed by atoms with van der Waals surface area (Å²) in [7, 11) is 3.78. The van der Waals surface area contributed by atoms with Gasteiger partial charge in [-0.3, -0.25) is 9.55 Å². The number of likely N-dealkylation sites (N-methyl/N-ethyl adjacent to an activating group) is 1. The number of aryl methyl sites for hydroxylation is 1. The Morgan fingerprint density at radius 2 is 1.91 bits per heavy atom. The van der Waals surface area contributed by atoms with Crippen LogP contribution in [0.15, 0.2) is 57.9 Å². The maximum Gasteiger partial charge on any atom is 0.419 e. The number of hydrogen-bond donors (Lipinski definition) is 0. The zero-order valence-corrected chi connectivity index (χ0v) is 18.9. The molecule has 0 amide bonds. The molecule has 3 heterocycles. The summed E-state index contributed by atoms with van der Waals surface area (Å²) in [6, 6.07) is 13.7. The van der Waals surface area contributed by atoms with E-state index < -0.39 is 0 Å². The van der Waals surface area contributed by atoms with Crippen LogP contribution in [-0.4, -0.2) is 34.0 Å². The average Bonchev–Trinajstić information content (AvgIpc) is 3.33. The number of nitrogens with zero attached hydrogens (tertiary/aromatic N) is 3. The van der Waals surface area contributed by atoms with Gasteiger partial charge in [-0.2, -0.15) is 0 Å². The molecule has 7 nitrogen and oxygen atoms in total. The van der Waals surface area contributed by atoms with E-state index in [4.69, 9.17) is 9.15 Å². The molecule has 0 unspecified atom stereocenters. The lowest BCUT2D eigenvalue weighted by molar-refractivity contribution is 0.0535. The largest absolute Gasteiger partial charge is 0.457 e. The van der Waals surface area contributed by atoms with Crippen LogP contribution < -0.4 is 5.76 Å². The van der Waals surface area contributed by atoms with Gasteiger partial charge in [0.05, 0.1) is 16.8 Å². The second-order valence-corrected chi connectivity index (χ2v) is 8.59. The summed E-state index contributed by atoms with van der Waals surface area (Å²) >= 11 is 0. The molecule has 2 aromatic carbocycles. The predicted molar refractivity (Wildman–Crippen MR) is 125 cm³/mol. The Morgan fingerprint density at radius 3 is 2.70 bits per heavy atom. The van der Waals surface area contributed by atoms with Crippen LogP contribution in [0, 0.1) is 6.92 Å². The molecule has 4 aromatic rings. The molecule has 0 radical (unpaired) electrons. The first kappa shape index (κ1) is 21.2. The number of carbonyl (C=O) groups excluding carboxylic acids is 1. The number of benzene rings is 2. The number of cyclic esters (lactones) is 1. The van der Waals surface area contributed by atoms with Gasteiger partial charge in [-0.1, -0.05) is 18.2 Å². The minimum absolute atomic E-state index is 0.222. The lowest BCUT2D eigenvalue weighted by Gasteiger charge is -2.17. The molecular weight excluding hydrogens is 418 g/mol. The minimum atomic E-state index is -0.365. The first-order chi connectivity index (χ1) is 15.9. The number of pyridine rings is 1. The molecule has 0 fully saturated rings. The van der Waals surface area contributed by atoms with Crippen molar-refractivity contribution in [1.82, 2.24) is 14.5 Å². The van der Waals surface area contributed by atoms with Crippen molar-refractivity contribution in [1.29, 1.82) is 0 Å². The van der Waals surface area contributed by atoms with E-state index in [0.717, 1.165) is 53.0 Å². The number of rotatable bonds is 6. The van der Waals surface area contributed by atoms with Gasteiger partial charge in [0.25, 0.3) is 0 Å². The number of hydrogen-bond acceptors (Lipinski definition) is 6. The van der Waals surface area contributed by atoms with Gasteiger partial charge in [-0.15, -0.1) is 0 Å². The molecule has 0 atom stereocenters. The Bertz CT molecular complexity index is 1420. The highest BCUT2D eigenvalue weighted by atomic mass is 16.5. The predicted octanol–water partition coefficient (Wildman–Crippen LogP) is 3.85. The third-order valence-corrected chi connectivity index (χ3v) is 6.42. The summed E-state index contributed by atoms with van der Waals surface area (Å²) in [5.41, 5.74) is 8.42. The van der Waals surface area contributed by atoms with Gasteiger partial charge in [-0.05, 0) is 61.3 Å². The zero-order chi connectivity index (χ0) is 23.1. The summed E-state index contributed by atoms with van der Waals surface area (Å²) in [5, 5.41) is 0. The van der Waals surface area contributed by atoms with Crippen molar-refractivity contribution in [3.05, 3.63) is 87.2 Å². The quantitative estimate of drug-likeness (QED) is 0.421. The Morgan fingerprint density at radius 1 is 1.09 bits per heavy atom. The second kappa shape index (κ2) is 8.33. The van der Waals surface area contributed by atoms with Gasteiger partial charge in [0, 0.05) is 37.5 Å². The van der Waals surface area contributed by atoms with Crippen LogP contribution in [0.4, 0.5) is 0 Å². The van der Waals surface area contributed by atoms with Crippen LogP contribution in [0.5, 0.6) is 0 Å². The van der Waals surface area contributed by atoms with E-state index in [-0.39, 0.29) is 11.7 Å². The highest BCUT2D eigenvalue weighted by molar-refractivity contribution is 5.93. The van der Waals surface area contributed by atoms with E-state index in [9.17, 15) is 9.59 Å². The van der Waals surface area contributed by atoms with E-state index in [1.165, 1.54) is 10.1 Å². The van der Waals surface area contributed by atoms with Crippen molar-refractivity contribution < 1.29 is 13.9 Å². The smallest absolute Gasteiger partial charge is 0.419 e. The molecule has 5 rings (SSSR count). The lowest BCUT2D eigenvalue weighted by atomic mass is 9.97. The van der Waals surface area contributed by atoms with Crippen LogP contribution in [0.25, 0.3) is 22.2 Å². The van der Waals surface area contributed by atoms with Gasteiger partial charge in [-0.25, -0.2) is 9.59 Å². The first-order valence-electron chi connectivity index (χ1n) is 10.9. The van der Waals surface area contributed by atoms with Gasteiger partial charge in [0.2, 0.25) is 0 Å². The van der Waals surface area contributed by atoms with E-state index in [1.54, 1.807) is 7.05 Å². The Hall–Kier alpha value is -3.71. The first-order valence-corrected chi connectivity index (χ1v) is 10.9. The van der Waals surface area contributed by atoms with Crippen molar-refractivity contribution >= 4 is 17.1 Å². The van der Waals surface area contributed by atoms with Crippen molar-refractivity contribution in [2.24, 2.45) is 7.05 Å². The molecule has 0 saturated carbocycles. The molecule has 1 aliphatic rings. The number of aromatic nitrogens is 2. The van der Waals surface area contributed by atoms with Gasteiger partial charge in [0.15, 0.2) is 5.58 Å². The third-order valence-electron chi connectivity index (χ3n) is 6.42. The van der Waals surface area contributed by atoms with E-state index in [0.29, 0.717) is 17.8 Å². The van der Waals surface area contributed by atoms with Gasteiger partial charge in [0.1, 0.15) is 6.61 Å². The summed E-state index contributed by atoms with van der Waals surface area (Å²) in [6.07, 6.45) is 2.76. The summed E-state index contributed by atoms with van der Waals surface area (Å²) in [4.78, 5) is 30.3. The van der Waals surface area contributed by atoms with E-state index in [2.05, 4.69) is 29.9 Å². The molecule has 0 saturated heterocycles. The SMILES string of the molecule is Cc1c(CCN(C)Cc2ccc(-c3ccc4oc(=O)n(C)c4c3)cn2)ccc2c1COC2=O. The number of carbonyl (C=O) groups is 1. The molecule has 0 spiro atoms. The third kappa shape index (κ3) is 3.96. The average molecular weight is 444 g/mol. The fourth-order valence-corrected chi connectivity index (χ4v) is 4.33. The maximum atomic E-state index is 11.7. The Kier molecular flexibility index (Phi) is 5.34. The van der Waals surface area contributed by atoms with E-state index in [1.807, 2.05) is 42.6 Å². The van der Waals surface area contributed by atoms with Crippen molar-refractivity contribution in [3.8, 4) is 11.1 Å². The molecular formula is C26H25N3O4. The maximum absolute atomic E-state index is 11.7. The molecule has 33 heavy (non-hydrogen) atoms. The van der Waals surface area contributed by atoms with Crippen LogP contribution in [-0.2, 0) is 31.4 Å². The highest BCUT2D eigenvalue weighted by Gasteiger charge is 2.23. The molecule has 7 heteroatoms. The van der Waals surface area contributed by atoms with Crippen LogP contribution in [0.3, 0.4) is 0 Å². The van der Waals surface area contributed by atoms with Crippen LogP contribution in [0.2, 0.25) is 0 Å². The van der Waals surface area contributed by atoms with Crippen molar-refractivity contribution in [2.75, 3.05) is 13.6 Å². The van der Waals surface area contributed by atoms with Crippen LogP contribution >= 0.6 is 0 Å². The second-order valence-electron chi connectivity index (χ2n) is 8.59. The normalized spacial score (nSPS) is 13.0. The standard InChI is InChI=1S/C26H25N3O4/c1-16-17(5-8-21-22(16)15-32-25(21)30)10-11-28(2)14-20-7-4-19(13-27-20)18-6-9-24-23(12-18)29(3)26(31)33-24/h4-9,12-13H,10-11,14-15H2,1-3H3. The van der Waals surface area contributed by atoms with Crippen LogP contribution in [0.1, 0.15) is 32.7 Å². The van der Waals surface area contributed by atoms with E-state index >= 15 is 0 Å². The van der Waals surface area contributed by atoms with Gasteiger partial charge >= 0.3 is 11.7 Å². The number of oxazole rings is 1. The molecule has 0 aliphatic carbocycles. The summed E-state index contributed by atoms with van der Waals surface area (Å²) in [6.45, 7) is 4.06. The monoisotopic (exact) mass is 443 g/mol. The fraction of sp³-hybridized carbons (Fsp3) is 0.269. The zero-order valence-electron chi connectivity index (χ0n) is 18.9. The molecule has 0 N–H and O–H groups in total. The topological polar surface area (TPSA) is 77.6 Å².